The summed E-state index contributed by atoms with van der Waals surface area (Å²) in [6.45, 7) is 14.1. The van der Waals surface area contributed by atoms with Gasteiger partial charge in [0, 0.05) is 19.6 Å². The van der Waals surface area contributed by atoms with Crippen molar-refractivity contribution in [2.24, 2.45) is 0 Å². The lowest BCUT2D eigenvalue weighted by Crippen LogP contribution is -2.38. The van der Waals surface area contributed by atoms with Crippen LogP contribution < -0.4 is 0 Å². The number of rotatable bonds is 44. The van der Waals surface area contributed by atoms with Crippen LogP contribution in [0.1, 0.15) is 252 Å². The second-order valence-corrected chi connectivity index (χ2v) is 16.1. The fourth-order valence-corrected chi connectivity index (χ4v) is 7.62. The zero-order valence-corrected chi connectivity index (χ0v) is 34.7. The lowest BCUT2D eigenvalue weighted by atomic mass is 10.0. The Morgan fingerprint density at radius 1 is 0.224 bits per heavy atom. The highest BCUT2D eigenvalue weighted by molar-refractivity contribution is 4.65. The summed E-state index contributed by atoms with van der Waals surface area (Å²) in [7, 11) is 0. The Morgan fingerprint density at radius 2 is 0.408 bits per heavy atom. The van der Waals surface area contributed by atoms with Crippen LogP contribution in [0.2, 0.25) is 0 Å². The fourth-order valence-electron chi connectivity index (χ4n) is 7.62. The molecular weight excluding hydrogens is 597 g/mol. The largest absolute Gasteiger partial charge is 0.395 e. The van der Waals surface area contributed by atoms with Crippen LogP contribution >= 0.6 is 0 Å². The monoisotopic (exact) mass is 693 g/mol. The highest BCUT2D eigenvalue weighted by Crippen LogP contribution is 2.15. The minimum atomic E-state index is 0.301. The molecule has 0 aromatic rings. The summed E-state index contributed by atoms with van der Waals surface area (Å²) in [4.78, 5) is 5.35. The number of aliphatic hydroxyl groups excluding tert-OH is 1. The Balaban J connectivity index is 4.25. The Kier molecular flexibility index (Phi) is 43.9. The van der Waals surface area contributed by atoms with E-state index in [2.05, 4.69) is 30.6 Å². The van der Waals surface area contributed by atoms with Crippen molar-refractivity contribution in [1.29, 1.82) is 0 Å². The number of hydrogen-bond donors (Lipinski definition) is 1. The van der Waals surface area contributed by atoms with Crippen LogP contribution in [-0.4, -0.2) is 60.8 Å². The van der Waals surface area contributed by atoms with E-state index in [1.165, 1.54) is 257 Å². The molecule has 0 aliphatic heterocycles. The minimum absolute atomic E-state index is 0.301. The summed E-state index contributed by atoms with van der Waals surface area (Å²) < 4.78 is 0. The lowest BCUT2D eigenvalue weighted by Gasteiger charge is -2.27. The molecule has 3 heteroatoms. The molecule has 0 radical (unpaired) electrons. The summed E-state index contributed by atoms with van der Waals surface area (Å²) in [5.41, 5.74) is 0. The maximum Gasteiger partial charge on any atom is 0.0558 e. The van der Waals surface area contributed by atoms with E-state index >= 15 is 0 Å². The first-order chi connectivity index (χ1) is 24.3. The zero-order valence-electron chi connectivity index (χ0n) is 34.7. The number of aliphatic hydroxyl groups is 1. The Labute approximate surface area is 311 Å². The molecule has 0 spiro atoms. The van der Waals surface area contributed by atoms with Crippen molar-refractivity contribution in [2.75, 3.05) is 45.9 Å². The van der Waals surface area contributed by atoms with Crippen molar-refractivity contribution in [1.82, 2.24) is 9.80 Å². The predicted octanol–water partition coefficient (Wildman–Crippen LogP) is 14.7. The van der Waals surface area contributed by atoms with Gasteiger partial charge in [-0.05, 0) is 38.9 Å². The molecule has 0 rings (SSSR count). The highest BCUT2D eigenvalue weighted by atomic mass is 16.3. The van der Waals surface area contributed by atoms with Gasteiger partial charge in [0.25, 0.3) is 0 Å². The average molecular weight is 693 g/mol. The molecule has 0 aromatic heterocycles. The molecular formula is C46H96N2O. The molecule has 0 bridgehead atoms. The normalized spacial score (nSPS) is 11.9. The van der Waals surface area contributed by atoms with Gasteiger partial charge in [0.1, 0.15) is 0 Å². The van der Waals surface area contributed by atoms with E-state index in [1.54, 1.807) is 0 Å². The molecule has 49 heavy (non-hydrogen) atoms. The van der Waals surface area contributed by atoms with Gasteiger partial charge >= 0.3 is 0 Å². The van der Waals surface area contributed by atoms with Gasteiger partial charge in [-0.3, -0.25) is 4.90 Å². The molecule has 0 saturated carbocycles. The van der Waals surface area contributed by atoms with Crippen molar-refractivity contribution in [3.63, 3.8) is 0 Å². The maximum atomic E-state index is 9.79. The fraction of sp³-hybridized carbons (Fsp3) is 1.00. The number of hydrogen-bond acceptors (Lipinski definition) is 3. The smallest absolute Gasteiger partial charge is 0.0558 e. The van der Waals surface area contributed by atoms with Crippen molar-refractivity contribution in [3.8, 4) is 0 Å². The van der Waals surface area contributed by atoms with Crippen molar-refractivity contribution in [2.45, 2.75) is 252 Å². The first kappa shape index (κ1) is 48.9. The van der Waals surface area contributed by atoms with Gasteiger partial charge in [-0.2, -0.15) is 0 Å². The van der Waals surface area contributed by atoms with Crippen molar-refractivity contribution in [3.05, 3.63) is 0 Å². The molecule has 3 nitrogen and oxygen atoms in total. The van der Waals surface area contributed by atoms with Crippen LogP contribution in [0.3, 0.4) is 0 Å². The first-order valence-corrected chi connectivity index (χ1v) is 23.3. The Hall–Kier alpha value is -0.120. The van der Waals surface area contributed by atoms with Gasteiger partial charge in [0.2, 0.25) is 0 Å². The van der Waals surface area contributed by atoms with Gasteiger partial charge in [-0.25, -0.2) is 0 Å². The SMILES string of the molecule is CCCCCCCCCCCCCCN(CCO)CCN(CCCCCCCCCCCCCC)CCCCCCCCCCCCCC. The van der Waals surface area contributed by atoms with Crippen LogP contribution in [0.15, 0.2) is 0 Å². The lowest BCUT2D eigenvalue weighted by molar-refractivity contribution is 0.163. The van der Waals surface area contributed by atoms with Crippen LogP contribution in [0, 0.1) is 0 Å². The van der Waals surface area contributed by atoms with E-state index in [1.807, 2.05) is 0 Å². The topological polar surface area (TPSA) is 26.7 Å². The number of nitrogens with zero attached hydrogens (tertiary/aromatic N) is 2. The molecule has 0 aromatic carbocycles. The van der Waals surface area contributed by atoms with Gasteiger partial charge in [0.05, 0.1) is 6.61 Å². The summed E-state index contributed by atoms with van der Waals surface area (Å²) >= 11 is 0. The van der Waals surface area contributed by atoms with E-state index in [9.17, 15) is 5.11 Å². The summed E-state index contributed by atoms with van der Waals surface area (Å²) in [6, 6.07) is 0. The van der Waals surface area contributed by atoms with E-state index in [4.69, 9.17) is 0 Å². The Morgan fingerprint density at radius 3 is 0.612 bits per heavy atom. The van der Waals surface area contributed by atoms with Crippen molar-refractivity contribution < 1.29 is 5.11 Å². The summed E-state index contributed by atoms with van der Waals surface area (Å²) in [5.74, 6) is 0. The summed E-state index contributed by atoms with van der Waals surface area (Å²) in [6.07, 6.45) is 51.2. The van der Waals surface area contributed by atoms with Gasteiger partial charge in [-0.15, -0.1) is 0 Å². The molecule has 0 amide bonds. The molecule has 0 saturated heterocycles. The van der Waals surface area contributed by atoms with Gasteiger partial charge in [-0.1, -0.05) is 233 Å². The van der Waals surface area contributed by atoms with Crippen LogP contribution in [0.5, 0.6) is 0 Å². The number of unbranched alkanes of at least 4 members (excludes halogenated alkanes) is 33. The predicted molar refractivity (Wildman–Crippen MR) is 223 cm³/mol. The van der Waals surface area contributed by atoms with E-state index in [0.717, 1.165) is 13.1 Å². The third-order valence-electron chi connectivity index (χ3n) is 11.1. The molecule has 0 aliphatic rings. The molecule has 1 N–H and O–H groups in total. The molecule has 296 valence electrons. The highest BCUT2D eigenvalue weighted by Gasteiger charge is 2.10. The zero-order chi connectivity index (χ0) is 35.6. The van der Waals surface area contributed by atoms with E-state index < -0.39 is 0 Å². The third kappa shape index (κ3) is 40.5. The average Bonchev–Trinajstić information content (AvgIpc) is 3.11. The second kappa shape index (κ2) is 44.0. The van der Waals surface area contributed by atoms with E-state index in [0.29, 0.717) is 6.61 Å². The Bertz CT molecular complexity index is 541. The van der Waals surface area contributed by atoms with Crippen LogP contribution in [0.4, 0.5) is 0 Å². The van der Waals surface area contributed by atoms with Crippen molar-refractivity contribution >= 4 is 0 Å². The van der Waals surface area contributed by atoms with Crippen LogP contribution in [0.25, 0.3) is 0 Å². The molecule has 0 unspecified atom stereocenters. The third-order valence-corrected chi connectivity index (χ3v) is 11.1. The first-order valence-electron chi connectivity index (χ1n) is 23.3. The summed E-state index contributed by atoms with van der Waals surface area (Å²) in [5, 5.41) is 9.79. The molecule has 0 aliphatic carbocycles. The van der Waals surface area contributed by atoms with Gasteiger partial charge in [0.15, 0.2) is 0 Å². The van der Waals surface area contributed by atoms with Gasteiger partial charge < -0.3 is 10.0 Å². The van der Waals surface area contributed by atoms with Crippen LogP contribution in [-0.2, 0) is 0 Å². The second-order valence-electron chi connectivity index (χ2n) is 16.1. The quantitative estimate of drug-likeness (QED) is 0.0644. The molecule has 0 fully saturated rings. The molecule has 0 heterocycles. The standard InChI is InChI=1S/C46H96N2O/c1-4-7-10-13-16-19-22-25-28-31-34-37-40-47(41-38-35-32-29-26-23-20-17-14-11-8-5-2)43-44-48(45-46-49)42-39-36-33-30-27-24-21-18-15-12-9-6-3/h49H,4-46H2,1-3H3. The van der Waals surface area contributed by atoms with E-state index in [-0.39, 0.29) is 0 Å². The maximum absolute atomic E-state index is 9.79. The molecule has 0 atom stereocenters. The minimum Gasteiger partial charge on any atom is -0.395 e.